The van der Waals surface area contributed by atoms with Crippen LogP contribution in [-0.4, -0.2) is 484 Å². The van der Waals surface area contributed by atoms with E-state index in [-0.39, 0.29) is 6.61 Å². The van der Waals surface area contributed by atoms with E-state index in [2.05, 4.69) is 192 Å². The Morgan fingerprint density at radius 1 is 0.234 bits per heavy atom. The number of nitrogens with zero attached hydrogens (tertiary/aromatic N) is 15. The van der Waals surface area contributed by atoms with Crippen LogP contribution in [0.1, 0.15) is 73.1 Å². The molecule has 0 radical (unpaired) electrons. The molecular formula is C72H164N15O7+3. The smallest absolute Gasteiger partial charge is 0.0914 e. The van der Waals surface area contributed by atoms with Gasteiger partial charge in [-0.15, -0.1) is 0 Å². The molecule has 0 aromatic carbocycles. The number of ether oxygens (including phenoxy) is 6. The molecule has 0 saturated carbocycles. The first kappa shape index (κ1) is 93.1. The van der Waals surface area contributed by atoms with Gasteiger partial charge in [-0.05, 0) is 115 Å². The maximum absolute atomic E-state index is 8.76. The van der Waals surface area contributed by atoms with Crippen molar-refractivity contribution in [2.75, 3.05) is 407 Å². The maximum atomic E-state index is 8.76. The van der Waals surface area contributed by atoms with Gasteiger partial charge in [-0.1, -0.05) is 41.0 Å². The van der Waals surface area contributed by atoms with Gasteiger partial charge in [0.05, 0.1) is 167 Å². The molecule has 0 spiro atoms. The zero-order valence-corrected chi connectivity index (χ0v) is 66.1. The second-order valence-corrected chi connectivity index (χ2v) is 29.6. The number of aliphatic hydroxyl groups excluding tert-OH is 1. The van der Waals surface area contributed by atoms with E-state index in [1.54, 1.807) is 0 Å². The molecule has 566 valence electrons. The third kappa shape index (κ3) is 57.8. The fourth-order valence-corrected chi connectivity index (χ4v) is 11.4. The van der Waals surface area contributed by atoms with Gasteiger partial charge in [-0.25, -0.2) is 0 Å². The van der Waals surface area contributed by atoms with Crippen LogP contribution in [-0.2, 0) is 28.4 Å². The zero-order valence-electron chi connectivity index (χ0n) is 66.1. The van der Waals surface area contributed by atoms with E-state index in [1.807, 2.05) is 0 Å². The summed E-state index contributed by atoms with van der Waals surface area (Å²) in [6, 6.07) is 0. The summed E-state index contributed by atoms with van der Waals surface area (Å²) in [4.78, 5) is 31.2. The SMILES string of the molecule is CCCCN(CCC)CCN(CCN(C)CCN(CCN(C)CCN(C)CCOCCOCCOCCOCCOCCOCCO)CCN(CC[N+](C)(C)CCN(C)CCN(C)C)CC[N+](C)(CCC)CCN(CCC)CCN(C)C)CCN(C)CC[N+](C)(C)CCC. The lowest BCUT2D eigenvalue weighted by molar-refractivity contribution is -0.909. The molecule has 0 aliphatic rings. The van der Waals surface area contributed by atoms with Gasteiger partial charge in [-0.2, -0.15) is 0 Å². The molecule has 0 aromatic rings. The first-order chi connectivity index (χ1) is 44.9. The molecule has 22 heteroatoms. The normalized spacial score (nSPS) is 13.7. The molecule has 0 amide bonds. The molecule has 0 saturated heterocycles. The van der Waals surface area contributed by atoms with Crippen molar-refractivity contribution in [3.8, 4) is 0 Å². The van der Waals surface area contributed by atoms with E-state index in [9.17, 15) is 0 Å². The highest BCUT2D eigenvalue weighted by atomic mass is 16.6. The summed E-state index contributed by atoms with van der Waals surface area (Å²) in [5.74, 6) is 0. The van der Waals surface area contributed by atoms with Crippen molar-refractivity contribution in [3.63, 3.8) is 0 Å². The quantitative estimate of drug-likeness (QED) is 0.0709. The van der Waals surface area contributed by atoms with Gasteiger partial charge in [0.2, 0.25) is 0 Å². The van der Waals surface area contributed by atoms with Crippen LogP contribution in [0.15, 0.2) is 0 Å². The maximum Gasteiger partial charge on any atom is 0.0914 e. The van der Waals surface area contributed by atoms with E-state index < -0.39 is 0 Å². The Morgan fingerprint density at radius 2 is 0.511 bits per heavy atom. The molecule has 94 heavy (non-hydrogen) atoms. The molecule has 0 aromatic heterocycles. The third-order valence-electron chi connectivity index (χ3n) is 18.6. The van der Waals surface area contributed by atoms with Crippen molar-refractivity contribution in [3.05, 3.63) is 0 Å². The number of rotatable bonds is 73. The molecule has 22 nitrogen and oxygen atoms in total. The fourth-order valence-electron chi connectivity index (χ4n) is 11.4. The highest BCUT2D eigenvalue weighted by Gasteiger charge is 2.26. The minimum absolute atomic E-state index is 0.0292. The Bertz CT molecular complexity index is 1620. The van der Waals surface area contributed by atoms with Gasteiger partial charge >= 0.3 is 0 Å². The van der Waals surface area contributed by atoms with Crippen LogP contribution in [0, 0.1) is 0 Å². The topological polar surface area (TPSA) is 114 Å². The van der Waals surface area contributed by atoms with E-state index in [0.29, 0.717) is 79.3 Å². The van der Waals surface area contributed by atoms with E-state index >= 15 is 0 Å². The van der Waals surface area contributed by atoms with Crippen LogP contribution >= 0.6 is 0 Å². The van der Waals surface area contributed by atoms with Crippen LogP contribution in [0.5, 0.6) is 0 Å². The molecule has 0 bridgehead atoms. The number of unbranched alkanes of at least 4 members (excludes halogenated alkanes) is 1. The highest BCUT2D eigenvalue weighted by molar-refractivity contribution is 4.72. The largest absolute Gasteiger partial charge is 0.394 e. The number of likely N-dealkylation sites (N-methyl/N-ethyl adjacent to an activating group) is 10. The van der Waals surface area contributed by atoms with E-state index in [4.69, 9.17) is 33.5 Å². The molecule has 0 aliphatic carbocycles. The summed E-state index contributed by atoms with van der Waals surface area (Å²) in [6.07, 6.45) is 7.41. The molecule has 0 rings (SSSR count). The van der Waals surface area contributed by atoms with Crippen LogP contribution in [0.25, 0.3) is 0 Å². The summed E-state index contributed by atoms with van der Waals surface area (Å²) in [5.41, 5.74) is 0. The van der Waals surface area contributed by atoms with Crippen LogP contribution < -0.4 is 0 Å². The van der Waals surface area contributed by atoms with Gasteiger partial charge in [-0.3, -0.25) is 29.4 Å². The lowest BCUT2D eigenvalue weighted by atomic mass is 10.2. The Hall–Kier alpha value is -0.880. The first-order valence-electron chi connectivity index (χ1n) is 37.8. The molecular weight excluding hydrogens is 1190 g/mol. The Morgan fingerprint density at radius 3 is 0.894 bits per heavy atom. The summed E-state index contributed by atoms with van der Waals surface area (Å²) < 4.78 is 36.8. The summed E-state index contributed by atoms with van der Waals surface area (Å²) in [6.45, 7) is 56.1. The van der Waals surface area contributed by atoms with Crippen molar-refractivity contribution in [1.82, 2.24) is 58.8 Å². The standard InChI is InChI=1S/C72H164N15O7/c1-20-25-28-80(26-21-2)43-44-83(42-37-78(13)47-55-85(15,16)53-23-4)41-36-76(11)35-40-82(39-34-75(10)32-33-79(14)52-61-89-63-65-91-67-69-93-71-72-94-70-68-92-66-64-90-62-60-88)45-46-84(49-57-86(17,18)56-48-77(12)31-29-73(6)7)51-59-87(19,54-24-5)58-50-81(27-22-3)38-30-74(8)9/h88H,20-72H2,1-19H3/q+3. The van der Waals surface area contributed by atoms with Gasteiger partial charge in [0.1, 0.15) is 0 Å². The van der Waals surface area contributed by atoms with Gasteiger partial charge < -0.3 is 76.4 Å². The van der Waals surface area contributed by atoms with E-state index in [0.717, 1.165) is 177 Å². The zero-order chi connectivity index (χ0) is 70.1. The molecule has 1 N–H and O–H groups in total. The van der Waals surface area contributed by atoms with E-state index in [1.165, 1.54) is 97.4 Å². The second-order valence-electron chi connectivity index (χ2n) is 29.6. The predicted molar refractivity (Wildman–Crippen MR) is 399 cm³/mol. The Balaban J connectivity index is 6.21. The number of hydrogen-bond acceptors (Lipinski definition) is 19. The molecule has 1 unspecified atom stereocenters. The van der Waals surface area contributed by atoms with Crippen LogP contribution in [0.3, 0.4) is 0 Å². The van der Waals surface area contributed by atoms with Gasteiger partial charge in [0, 0.05) is 157 Å². The monoisotopic (exact) mass is 1350 g/mol. The number of aliphatic hydroxyl groups is 1. The van der Waals surface area contributed by atoms with Crippen molar-refractivity contribution >= 4 is 0 Å². The second kappa shape index (κ2) is 60.8. The third-order valence-corrected chi connectivity index (χ3v) is 18.6. The lowest BCUT2D eigenvalue weighted by Crippen LogP contribution is -2.55. The van der Waals surface area contributed by atoms with Crippen molar-refractivity contribution in [2.45, 2.75) is 73.1 Å². The minimum Gasteiger partial charge on any atom is -0.394 e. The summed E-state index contributed by atoms with van der Waals surface area (Å²) in [7, 11) is 32.6. The van der Waals surface area contributed by atoms with Crippen molar-refractivity contribution < 1.29 is 47.0 Å². The van der Waals surface area contributed by atoms with Gasteiger partial charge in [0.15, 0.2) is 0 Å². The minimum atomic E-state index is 0.0292. The Labute approximate surface area is 583 Å². The first-order valence-corrected chi connectivity index (χ1v) is 37.8. The Kier molecular flexibility index (Phi) is 60.3. The average molecular weight is 1350 g/mol. The van der Waals surface area contributed by atoms with Crippen LogP contribution in [0.4, 0.5) is 0 Å². The van der Waals surface area contributed by atoms with Gasteiger partial charge in [0.25, 0.3) is 0 Å². The summed E-state index contributed by atoms with van der Waals surface area (Å²) in [5, 5.41) is 8.76. The molecule has 1 atom stereocenters. The number of quaternary nitrogens is 3. The molecule has 0 heterocycles. The summed E-state index contributed by atoms with van der Waals surface area (Å²) >= 11 is 0. The molecule has 0 fully saturated rings. The highest BCUT2D eigenvalue weighted by Crippen LogP contribution is 2.10. The lowest BCUT2D eigenvalue weighted by Gasteiger charge is -2.39. The van der Waals surface area contributed by atoms with Crippen molar-refractivity contribution in [1.29, 1.82) is 0 Å². The molecule has 0 aliphatic heterocycles. The average Bonchev–Trinajstić information content (AvgIpc) is 1.32. The van der Waals surface area contributed by atoms with Crippen LogP contribution in [0.2, 0.25) is 0 Å². The number of hydrogen-bond donors (Lipinski definition) is 1. The predicted octanol–water partition coefficient (Wildman–Crippen LogP) is 3.41. The van der Waals surface area contributed by atoms with Crippen molar-refractivity contribution in [2.24, 2.45) is 0 Å². The fraction of sp³-hybridized carbons (Fsp3) is 1.00.